The first-order valence-corrected chi connectivity index (χ1v) is 14.0. The number of rotatable bonds is 11. The van der Waals surface area contributed by atoms with E-state index in [0.717, 1.165) is 48.7 Å². The molecule has 2 fully saturated rings. The highest BCUT2D eigenvalue weighted by atomic mass is 16.7. The smallest absolute Gasteiger partial charge is 0.339 e. The molecule has 17 nitrogen and oxygen atoms in total. The van der Waals surface area contributed by atoms with Gasteiger partial charge in [0.2, 0.25) is 0 Å². The number of carbonyl (C=O) groups is 7. The average molecular weight is 649 g/mol. The number of hydrogen-bond acceptors (Lipinski definition) is 17. The molecule has 0 N–H and O–H groups in total. The zero-order valence-corrected chi connectivity index (χ0v) is 26.5. The van der Waals surface area contributed by atoms with Crippen molar-refractivity contribution in [3.8, 4) is 0 Å². The van der Waals surface area contributed by atoms with E-state index in [1.54, 1.807) is 13.8 Å². The molecule has 0 aliphatic carbocycles. The van der Waals surface area contributed by atoms with Gasteiger partial charge in [0.05, 0.1) is 13.7 Å². The summed E-state index contributed by atoms with van der Waals surface area (Å²) in [5.41, 5.74) is 0. The Balaban J connectivity index is 2.56. The maximum absolute atomic E-state index is 12.7. The van der Waals surface area contributed by atoms with Gasteiger partial charge in [-0.1, -0.05) is 13.8 Å². The number of ether oxygens (including phenoxy) is 10. The van der Waals surface area contributed by atoms with Crippen molar-refractivity contribution in [2.75, 3.05) is 13.7 Å². The second-order valence-electron chi connectivity index (χ2n) is 10.6. The largest absolute Gasteiger partial charge is 0.467 e. The van der Waals surface area contributed by atoms with Gasteiger partial charge in [-0.15, -0.1) is 0 Å². The number of esters is 7. The predicted molar refractivity (Wildman–Crippen MR) is 143 cm³/mol. The molecule has 0 amide bonds. The van der Waals surface area contributed by atoms with Gasteiger partial charge in [0.25, 0.3) is 0 Å². The summed E-state index contributed by atoms with van der Waals surface area (Å²) in [7, 11) is 1.03. The van der Waals surface area contributed by atoms with E-state index in [9.17, 15) is 33.6 Å². The SMILES string of the molecule is COC(=O)[C@H]1O[C@@H](OC[C@H]2O[C@@H](C(C)C)[C@H](OC(C)=O)[C@@H](OC(C)=O)[C@H]2OC(C)=O)[C@H](OC(C)=O)[C@@H](OC(C)=O)[C@@H]1OC(C)=O. The number of carbonyl (C=O) groups excluding carboxylic acids is 7. The van der Waals surface area contributed by atoms with Gasteiger partial charge < -0.3 is 47.4 Å². The molecule has 2 saturated heterocycles. The van der Waals surface area contributed by atoms with Crippen LogP contribution < -0.4 is 0 Å². The molecule has 0 spiro atoms. The first kappa shape index (κ1) is 37.4. The Bertz CT molecular complexity index is 1120. The van der Waals surface area contributed by atoms with Crippen LogP contribution in [0.3, 0.4) is 0 Å². The zero-order valence-electron chi connectivity index (χ0n) is 26.5. The molecule has 0 radical (unpaired) electrons. The molecule has 2 aliphatic rings. The molecule has 10 atom stereocenters. The highest BCUT2D eigenvalue weighted by molar-refractivity contribution is 5.77. The van der Waals surface area contributed by atoms with Gasteiger partial charge in [-0.05, 0) is 5.92 Å². The maximum Gasteiger partial charge on any atom is 0.339 e. The molecule has 17 heteroatoms. The summed E-state index contributed by atoms with van der Waals surface area (Å²) in [6.07, 6.45) is -14.3. The van der Waals surface area contributed by atoms with E-state index in [-0.39, 0.29) is 5.92 Å². The van der Waals surface area contributed by atoms with Crippen LogP contribution in [0.1, 0.15) is 55.4 Å². The van der Waals surface area contributed by atoms with Crippen molar-refractivity contribution >= 4 is 41.8 Å². The molecule has 0 bridgehead atoms. The third-order valence-electron chi connectivity index (χ3n) is 6.49. The maximum atomic E-state index is 12.7. The molecule has 0 unspecified atom stereocenters. The van der Waals surface area contributed by atoms with E-state index in [1.807, 2.05) is 0 Å². The topological polar surface area (TPSA) is 212 Å². The van der Waals surface area contributed by atoms with Gasteiger partial charge in [0.1, 0.15) is 12.2 Å². The molecule has 0 aromatic heterocycles. The average Bonchev–Trinajstić information content (AvgIpc) is 2.90. The fourth-order valence-corrected chi connectivity index (χ4v) is 5.00. The highest BCUT2D eigenvalue weighted by Crippen LogP contribution is 2.34. The highest BCUT2D eigenvalue weighted by Gasteiger charge is 2.57. The van der Waals surface area contributed by atoms with Crippen LogP contribution in [-0.4, -0.2) is 117 Å². The molecule has 45 heavy (non-hydrogen) atoms. The standard InChI is InChI=1S/C28H40O17/c1-11(2)19-21(39-13(4)30)22(40-14(5)31)20(38-12(3)29)18(44-19)10-37-28-26(43-17(8)34)24(42-16(7)33)23(41-15(6)32)25(45-28)27(35)36-9/h11,18-26,28H,10H2,1-9H3/t18-,19+,20+,21+,22+,23+,24+,25+,26-,28-/m1/s1. The minimum absolute atomic E-state index is 0.338. The van der Waals surface area contributed by atoms with E-state index in [0.29, 0.717) is 0 Å². The fraction of sp³-hybridized carbons (Fsp3) is 0.750. The van der Waals surface area contributed by atoms with Gasteiger partial charge >= 0.3 is 41.8 Å². The predicted octanol–water partition coefficient (Wildman–Crippen LogP) is -0.0855. The Morgan fingerprint density at radius 1 is 0.556 bits per heavy atom. The fourth-order valence-electron chi connectivity index (χ4n) is 5.00. The third-order valence-corrected chi connectivity index (χ3v) is 6.49. The lowest BCUT2D eigenvalue weighted by molar-refractivity contribution is -0.315. The van der Waals surface area contributed by atoms with Crippen LogP contribution >= 0.6 is 0 Å². The summed E-state index contributed by atoms with van der Waals surface area (Å²) in [5.74, 6) is -6.31. The van der Waals surface area contributed by atoms with E-state index in [4.69, 9.17) is 47.4 Å². The van der Waals surface area contributed by atoms with Gasteiger partial charge in [0.15, 0.2) is 49.0 Å². The normalized spacial score (nSPS) is 31.2. The minimum Gasteiger partial charge on any atom is -0.467 e. The Morgan fingerprint density at radius 2 is 0.956 bits per heavy atom. The van der Waals surface area contributed by atoms with Crippen LogP contribution in [0.25, 0.3) is 0 Å². The van der Waals surface area contributed by atoms with Crippen LogP contribution in [0.4, 0.5) is 0 Å². The first-order valence-electron chi connectivity index (χ1n) is 14.0. The van der Waals surface area contributed by atoms with Crippen LogP contribution in [0, 0.1) is 5.92 Å². The quantitative estimate of drug-likeness (QED) is 0.212. The minimum atomic E-state index is -1.72. The summed E-state index contributed by atoms with van der Waals surface area (Å²) in [6, 6.07) is 0. The van der Waals surface area contributed by atoms with Crippen molar-refractivity contribution in [3.05, 3.63) is 0 Å². The van der Waals surface area contributed by atoms with Gasteiger partial charge in [0, 0.05) is 41.5 Å². The van der Waals surface area contributed by atoms with E-state index in [2.05, 4.69) is 0 Å². The second-order valence-corrected chi connectivity index (χ2v) is 10.6. The second kappa shape index (κ2) is 16.5. The van der Waals surface area contributed by atoms with Crippen molar-refractivity contribution in [1.29, 1.82) is 0 Å². The molecule has 254 valence electrons. The Kier molecular flexibility index (Phi) is 13.7. The van der Waals surface area contributed by atoms with Crippen molar-refractivity contribution in [2.45, 2.75) is 117 Å². The monoisotopic (exact) mass is 648 g/mol. The van der Waals surface area contributed by atoms with E-state index in [1.165, 1.54) is 0 Å². The van der Waals surface area contributed by atoms with Gasteiger partial charge in [-0.3, -0.25) is 28.8 Å². The van der Waals surface area contributed by atoms with E-state index >= 15 is 0 Å². The number of methoxy groups -OCH3 is 1. The summed E-state index contributed by atoms with van der Waals surface area (Å²) < 4.78 is 54.9. The first-order chi connectivity index (χ1) is 21.0. The molecule has 2 heterocycles. The van der Waals surface area contributed by atoms with Crippen molar-refractivity contribution in [1.82, 2.24) is 0 Å². The summed E-state index contributed by atoms with van der Waals surface area (Å²) in [4.78, 5) is 85.0. The van der Waals surface area contributed by atoms with E-state index < -0.39 is 110 Å². The van der Waals surface area contributed by atoms with Crippen LogP contribution in [0.2, 0.25) is 0 Å². The Morgan fingerprint density at radius 3 is 1.40 bits per heavy atom. The number of hydrogen-bond donors (Lipinski definition) is 0. The van der Waals surface area contributed by atoms with Crippen molar-refractivity contribution < 1.29 is 80.9 Å². The van der Waals surface area contributed by atoms with Crippen molar-refractivity contribution in [3.63, 3.8) is 0 Å². The molecule has 2 aliphatic heterocycles. The van der Waals surface area contributed by atoms with Crippen LogP contribution in [0.5, 0.6) is 0 Å². The molecule has 0 aromatic carbocycles. The summed E-state index contributed by atoms with van der Waals surface area (Å²) >= 11 is 0. The lowest BCUT2D eigenvalue weighted by Gasteiger charge is -2.47. The summed E-state index contributed by atoms with van der Waals surface area (Å²) in [5, 5.41) is 0. The van der Waals surface area contributed by atoms with Crippen molar-refractivity contribution in [2.24, 2.45) is 5.92 Å². The summed E-state index contributed by atoms with van der Waals surface area (Å²) in [6.45, 7) is 9.43. The Hall–Kier alpha value is -3.83. The van der Waals surface area contributed by atoms with Crippen LogP contribution in [-0.2, 0) is 80.9 Å². The third kappa shape index (κ3) is 10.4. The Labute approximate surface area is 259 Å². The molecular weight excluding hydrogens is 608 g/mol. The van der Waals surface area contributed by atoms with Gasteiger partial charge in [-0.2, -0.15) is 0 Å². The molecular formula is C28H40O17. The van der Waals surface area contributed by atoms with Crippen LogP contribution in [0.15, 0.2) is 0 Å². The molecule has 0 saturated carbocycles. The van der Waals surface area contributed by atoms with Gasteiger partial charge in [-0.25, -0.2) is 4.79 Å². The lowest BCUT2D eigenvalue weighted by Crippen LogP contribution is -2.65. The lowest BCUT2D eigenvalue weighted by atomic mass is 9.89. The zero-order chi connectivity index (χ0) is 34.2. The molecule has 0 aromatic rings. The molecule has 2 rings (SSSR count).